The van der Waals surface area contributed by atoms with Crippen molar-refractivity contribution >= 4 is 11.7 Å². The molecule has 0 spiro atoms. The number of amidine groups is 1. The Kier molecular flexibility index (Phi) is 7.48. The molecule has 6 nitrogen and oxygen atoms in total. The Labute approximate surface area is 201 Å². The maximum Gasteiger partial charge on any atom is 0.240 e. The fraction of sp³-hybridized carbons (Fsp3) is 0.357. The molecule has 0 aromatic heterocycles. The third kappa shape index (κ3) is 5.23. The van der Waals surface area contributed by atoms with Gasteiger partial charge in [0, 0.05) is 13.0 Å². The minimum atomic E-state index is -0.663. The molecular weight excluding hydrogens is 424 g/mol. The average molecular weight is 459 g/mol. The monoisotopic (exact) mass is 458 g/mol. The van der Waals surface area contributed by atoms with Crippen LogP contribution >= 0.6 is 0 Å². The van der Waals surface area contributed by atoms with Gasteiger partial charge >= 0.3 is 0 Å². The first-order valence-corrected chi connectivity index (χ1v) is 12.0. The SMILES string of the molecule is C=C/C(O)=C\C=C\C[C@H](N)C(=O)N1CC2=C(C=CCC2)C[C@H]1C1=NC(c2ccccc2)C(C)N1. The topological polar surface area (TPSA) is 91.0 Å². The van der Waals surface area contributed by atoms with Crippen LogP contribution in [0.1, 0.15) is 44.2 Å². The summed E-state index contributed by atoms with van der Waals surface area (Å²) >= 11 is 0. The van der Waals surface area contributed by atoms with Gasteiger partial charge in [0.15, 0.2) is 0 Å². The molecular formula is C28H34N4O2. The number of benzene rings is 1. The zero-order valence-electron chi connectivity index (χ0n) is 19.7. The number of aliphatic hydroxyl groups is 1. The number of nitrogens with one attached hydrogen (secondary N) is 1. The normalized spacial score (nSPS) is 25.7. The van der Waals surface area contributed by atoms with Gasteiger partial charge in [-0.3, -0.25) is 9.79 Å². The molecule has 1 aromatic rings. The van der Waals surface area contributed by atoms with Crippen molar-refractivity contribution < 1.29 is 9.90 Å². The summed E-state index contributed by atoms with van der Waals surface area (Å²) in [6.07, 6.45) is 13.9. The molecule has 178 valence electrons. The van der Waals surface area contributed by atoms with E-state index < -0.39 is 6.04 Å². The zero-order valence-corrected chi connectivity index (χ0v) is 19.7. The van der Waals surface area contributed by atoms with E-state index in [4.69, 9.17) is 10.7 Å². The predicted molar refractivity (Wildman–Crippen MR) is 137 cm³/mol. The van der Waals surface area contributed by atoms with Gasteiger partial charge in [-0.15, -0.1) is 0 Å². The van der Waals surface area contributed by atoms with E-state index in [0.717, 1.165) is 25.1 Å². The standard InChI is InChI=1S/C28H34N4O2/c1-3-23(33)15-9-10-16-24(29)28(34)32-18-22-14-8-7-13-21(22)17-25(32)27-30-19(2)26(31-27)20-11-5-4-6-12-20/h3-7,9-13,15,19,24-26,33H,1,8,14,16-18,29H2,2H3,(H,30,31)/b10-9+,23-15+/t19?,24-,25-,26?/m0/s1. The number of rotatable bonds is 7. The minimum absolute atomic E-state index is 0.0198. The van der Waals surface area contributed by atoms with Crippen LogP contribution in [0.2, 0.25) is 0 Å². The number of nitrogens with zero attached hydrogens (tertiary/aromatic N) is 2. The van der Waals surface area contributed by atoms with Crippen LogP contribution in [0.5, 0.6) is 0 Å². The van der Waals surface area contributed by atoms with Gasteiger partial charge in [-0.1, -0.05) is 61.2 Å². The Morgan fingerprint density at radius 3 is 2.94 bits per heavy atom. The van der Waals surface area contributed by atoms with E-state index in [1.807, 2.05) is 23.1 Å². The van der Waals surface area contributed by atoms with Gasteiger partial charge in [-0.25, -0.2) is 0 Å². The van der Waals surface area contributed by atoms with Crippen LogP contribution in [0, 0.1) is 0 Å². The van der Waals surface area contributed by atoms with Gasteiger partial charge in [0.05, 0.1) is 24.2 Å². The molecule has 6 heteroatoms. The largest absolute Gasteiger partial charge is 0.508 e. The molecule has 2 unspecified atom stereocenters. The highest BCUT2D eigenvalue weighted by Gasteiger charge is 2.39. The van der Waals surface area contributed by atoms with E-state index in [1.54, 1.807) is 12.2 Å². The third-order valence-corrected chi connectivity index (χ3v) is 6.72. The number of allylic oxidation sites excluding steroid dienone is 5. The Morgan fingerprint density at radius 1 is 1.38 bits per heavy atom. The van der Waals surface area contributed by atoms with Crippen LogP contribution in [0.4, 0.5) is 0 Å². The van der Waals surface area contributed by atoms with Crippen LogP contribution in [-0.2, 0) is 4.79 Å². The first-order chi connectivity index (χ1) is 16.5. The molecule has 0 fully saturated rings. The number of carbonyl (C=O) groups is 1. The van der Waals surface area contributed by atoms with Gasteiger partial charge in [-0.2, -0.15) is 0 Å². The van der Waals surface area contributed by atoms with Crippen LogP contribution in [0.3, 0.4) is 0 Å². The quantitative estimate of drug-likeness (QED) is 0.420. The molecule has 0 bridgehead atoms. The first kappa shape index (κ1) is 23.8. The lowest BCUT2D eigenvalue weighted by Gasteiger charge is -2.40. The molecule has 2 aliphatic heterocycles. The third-order valence-electron chi connectivity index (χ3n) is 6.72. The Balaban J connectivity index is 1.57. The molecule has 1 aromatic carbocycles. The molecule has 0 saturated carbocycles. The lowest BCUT2D eigenvalue weighted by Crippen LogP contribution is -2.56. The van der Waals surface area contributed by atoms with Crippen molar-refractivity contribution in [3.05, 3.63) is 95.8 Å². The zero-order chi connectivity index (χ0) is 24.1. The van der Waals surface area contributed by atoms with E-state index >= 15 is 0 Å². The average Bonchev–Trinajstić information content (AvgIpc) is 3.26. The van der Waals surface area contributed by atoms with E-state index in [2.05, 4.69) is 43.1 Å². The molecule has 1 amide bonds. The van der Waals surface area contributed by atoms with Crippen molar-refractivity contribution in [2.75, 3.05) is 6.54 Å². The van der Waals surface area contributed by atoms with Crippen LogP contribution < -0.4 is 11.1 Å². The molecule has 34 heavy (non-hydrogen) atoms. The first-order valence-electron chi connectivity index (χ1n) is 12.0. The Bertz CT molecular complexity index is 1070. The number of nitrogens with two attached hydrogens (primary N) is 1. The van der Waals surface area contributed by atoms with Crippen molar-refractivity contribution in [2.24, 2.45) is 10.7 Å². The fourth-order valence-electron chi connectivity index (χ4n) is 4.85. The lowest BCUT2D eigenvalue weighted by molar-refractivity contribution is -0.133. The van der Waals surface area contributed by atoms with E-state index in [0.29, 0.717) is 13.0 Å². The van der Waals surface area contributed by atoms with Crippen molar-refractivity contribution in [2.45, 2.75) is 56.8 Å². The lowest BCUT2D eigenvalue weighted by atomic mass is 9.87. The van der Waals surface area contributed by atoms with E-state index in [-0.39, 0.29) is 29.8 Å². The summed E-state index contributed by atoms with van der Waals surface area (Å²) in [7, 11) is 0. The van der Waals surface area contributed by atoms with Gasteiger partial charge in [0.2, 0.25) is 5.91 Å². The van der Waals surface area contributed by atoms with Gasteiger partial charge in [-0.05, 0) is 55.0 Å². The minimum Gasteiger partial charge on any atom is -0.508 e. The molecule has 0 saturated heterocycles. The van der Waals surface area contributed by atoms with Crippen molar-refractivity contribution in [3.63, 3.8) is 0 Å². The number of carbonyl (C=O) groups excluding carboxylic acids is 1. The summed E-state index contributed by atoms with van der Waals surface area (Å²) in [4.78, 5) is 20.5. The molecule has 4 atom stereocenters. The highest BCUT2D eigenvalue weighted by molar-refractivity contribution is 5.95. The summed E-state index contributed by atoms with van der Waals surface area (Å²) in [5.74, 6) is 0.860. The van der Waals surface area contributed by atoms with Crippen LogP contribution in [0.15, 0.2) is 95.3 Å². The molecule has 1 aliphatic carbocycles. The van der Waals surface area contributed by atoms with Gasteiger partial charge in [0.25, 0.3) is 0 Å². The summed E-state index contributed by atoms with van der Waals surface area (Å²) in [5, 5.41) is 13.1. The van der Waals surface area contributed by atoms with Crippen molar-refractivity contribution in [1.82, 2.24) is 10.2 Å². The Hall–Kier alpha value is -3.38. The number of aliphatic hydroxyl groups excluding tert-OH is 1. The summed E-state index contributed by atoms with van der Waals surface area (Å²) < 4.78 is 0. The second-order valence-corrected chi connectivity index (χ2v) is 9.12. The summed E-state index contributed by atoms with van der Waals surface area (Å²) in [5.41, 5.74) is 10.1. The predicted octanol–water partition coefficient (Wildman–Crippen LogP) is 4.27. The molecule has 3 aliphatic rings. The fourth-order valence-corrected chi connectivity index (χ4v) is 4.85. The summed E-state index contributed by atoms with van der Waals surface area (Å²) in [6.45, 7) is 6.23. The molecule has 4 rings (SSSR count). The maximum absolute atomic E-state index is 13.5. The number of aliphatic imine (C=N–C) groups is 1. The molecule has 4 N–H and O–H groups in total. The molecule has 2 heterocycles. The molecule has 0 radical (unpaired) electrons. The van der Waals surface area contributed by atoms with Crippen LogP contribution in [-0.4, -0.2) is 46.4 Å². The van der Waals surface area contributed by atoms with E-state index in [9.17, 15) is 9.90 Å². The van der Waals surface area contributed by atoms with Gasteiger partial charge in [0.1, 0.15) is 11.6 Å². The number of hydrogen-bond acceptors (Lipinski definition) is 5. The second kappa shape index (κ2) is 10.7. The summed E-state index contributed by atoms with van der Waals surface area (Å²) in [6, 6.07) is 9.62. The Morgan fingerprint density at radius 2 is 2.18 bits per heavy atom. The van der Waals surface area contributed by atoms with Gasteiger partial charge < -0.3 is 21.1 Å². The van der Waals surface area contributed by atoms with E-state index in [1.165, 1.54) is 28.9 Å². The smallest absolute Gasteiger partial charge is 0.240 e. The number of amides is 1. The van der Waals surface area contributed by atoms with Crippen molar-refractivity contribution in [1.29, 1.82) is 0 Å². The highest BCUT2D eigenvalue weighted by atomic mass is 16.3. The second-order valence-electron chi connectivity index (χ2n) is 9.12. The number of hydrogen-bond donors (Lipinski definition) is 3. The maximum atomic E-state index is 13.5. The highest BCUT2D eigenvalue weighted by Crippen LogP contribution is 2.34. The van der Waals surface area contributed by atoms with Crippen molar-refractivity contribution in [3.8, 4) is 0 Å². The van der Waals surface area contributed by atoms with Crippen LogP contribution in [0.25, 0.3) is 0 Å².